The standard InChI is InChI=1S/C7H7ClN2O2.K/c1-12-7-3-2-5(8)4-6(7)9-10-11;/h2-4H,1H3,(H,9,11);/q;+1/p-1. The van der Waals surface area contributed by atoms with Crippen molar-refractivity contribution in [1.29, 1.82) is 0 Å². The number of ether oxygens (including phenoxy) is 1. The number of benzene rings is 1. The Hall–Kier alpha value is 0.346. The number of methoxy groups -OCH3 is 1. The van der Waals surface area contributed by atoms with Gasteiger partial charge in [0, 0.05) is 5.02 Å². The van der Waals surface area contributed by atoms with E-state index in [1.807, 2.05) is 0 Å². The van der Waals surface area contributed by atoms with Crippen LogP contribution in [0.1, 0.15) is 0 Å². The molecule has 1 rings (SSSR count). The van der Waals surface area contributed by atoms with Gasteiger partial charge in [-0.25, -0.2) is 5.28 Å². The Kier molecular flexibility index (Phi) is 6.93. The fourth-order valence-electron chi connectivity index (χ4n) is 0.785. The Morgan fingerprint density at radius 2 is 2.15 bits per heavy atom. The van der Waals surface area contributed by atoms with Crippen molar-refractivity contribution in [3.8, 4) is 5.75 Å². The molecular formula is C7H6ClKN2O2. The molecule has 0 bridgehead atoms. The normalized spacial score (nSPS) is 9.69. The quantitative estimate of drug-likeness (QED) is 0.401. The first-order chi connectivity index (χ1) is 5.77. The first-order valence-electron chi connectivity index (χ1n) is 3.15. The van der Waals surface area contributed by atoms with Crippen LogP contribution in [0.4, 0.5) is 5.69 Å². The molecule has 0 radical (unpaired) electrons. The minimum atomic E-state index is 0. The number of nitrogens with zero attached hydrogens (tertiary/aromatic N) is 2. The van der Waals surface area contributed by atoms with Gasteiger partial charge in [0.1, 0.15) is 11.4 Å². The van der Waals surface area contributed by atoms with Crippen LogP contribution in [-0.2, 0) is 0 Å². The van der Waals surface area contributed by atoms with Crippen molar-refractivity contribution in [2.45, 2.75) is 0 Å². The molecule has 64 valence electrons. The Balaban J connectivity index is 0.00000144. The maximum absolute atomic E-state index is 9.84. The molecule has 0 spiro atoms. The number of hydrogen-bond acceptors (Lipinski definition) is 4. The van der Waals surface area contributed by atoms with Crippen LogP contribution in [0.2, 0.25) is 5.02 Å². The Morgan fingerprint density at radius 1 is 1.46 bits per heavy atom. The third kappa shape index (κ3) is 3.93. The second-order valence-electron chi connectivity index (χ2n) is 2.00. The summed E-state index contributed by atoms with van der Waals surface area (Å²) in [4.78, 5) is 0. The van der Waals surface area contributed by atoms with E-state index in [-0.39, 0.29) is 51.4 Å². The summed E-state index contributed by atoms with van der Waals surface area (Å²) in [6, 6.07) is 4.76. The zero-order valence-electron chi connectivity index (χ0n) is 7.32. The SMILES string of the molecule is COc1ccc(Cl)cc1N=N[O-].[K+]. The molecule has 0 amide bonds. The first-order valence-corrected chi connectivity index (χ1v) is 3.52. The summed E-state index contributed by atoms with van der Waals surface area (Å²) in [5.41, 5.74) is 0.333. The van der Waals surface area contributed by atoms with Crippen LogP contribution >= 0.6 is 11.6 Å². The molecule has 0 atom stereocenters. The van der Waals surface area contributed by atoms with Gasteiger partial charge >= 0.3 is 51.4 Å². The molecule has 0 aliphatic heterocycles. The van der Waals surface area contributed by atoms with E-state index in [0.717, 1.165) is 0 Å². The van der Waals surface area contributed by atoms with Gasteiger partial charge in [-0.15, -0.1) is 0 Å². The summed E-state index contributed by atoms with van der Waals surface area (Å²) in [6.07, 6.45) is 0. The van der Waals surface area contributed by atoms with E-state index in [1.165, 1.54) is 13.2 Å². The molecule has 0 heterocycles. The Morgan fingerprint density at radius 3 is 2.69 bits per heavy atom. The third-order valence-corrected chi connectivity index (χ3v) is 1.52. The molecule has 0 unspecified atom stereocenters. The molecule has 0 aromatic heterocycles. The molecule has 13 heavy (non-hydrogen) atoms. The van der Waals surface area contributed by atoms with E-state index >= 15 is 0 Å². The van der Waals surface area contributed by atoms with Gasteiger partial charge in [-0.3, -0.25) is 0 Å². The average Bonchev–Trinajstić information content (AvgIpc) is 2.05. The fraction of sp³-hybridized carbons (Fsp3) is 0.143. The average molecular weight is 225 g/mol. The van der Waals surface area contributed by atoms with Gasteiger partial charge < -0.3 is 9.94 Å². The smallest absolute Gasteiger partial charge is 0.775 e. The van der Waals surface area contributed by atoms with Gasteiger partial charge in [0.2, 0.25) is 0 Å². The molecule has 1 aromatic carbocycles. The van der Waals surface area contributed by atoms with E-state index in [4.69, 9.17) is 16.3 Å². The second kappa shape index (κ2) is 6.75. The van der Waals surface area contributed by atoms with Gasteiger partial charge in [0.05, 0.1) is 7.11 Å². The van der Waals surface area contributed by atoms with Crippen LogP contribution in [0, 0.1) is 5.21 Å². The van der Waals surface area contributed by atoms with Gasteiger partial charge in [-0.2, -0.15) is 5.11 Å². The fourth-order valence-corrected chi connectivity index (χ4v) is 0.952. The van der Waals surface area contributed by atoms with E-state index in [1.54, 1.807) is 12.1 Å². The van der Waals surface area contributed by atoms with Gasteiger partial charge in [0.25, 0.3) is 0 Å². The van der Waals surface area contributed by atoms with Gasteiger partial charge in [0.15, 0.2) is 0 Å². The van der Waals surface area contributed by atoms with Crippen LogP contribution in [-0.4, -0.2) is 7.11 Å². The second-order valence-corrected chi connectivity index (χ2v) is 2.43. The first kappa shape index (κ1) is 13.3. The minimum absolute atomic E-state index is 0. The third-order valence-electron chi connectivity index (χ3n) is 1.29. The van der Waals surface area contributed by atoms with E-state index in [2.05, 4.69) is 10.4 Å². The monoisotopic (exact) mass is 224 g/mol. The minimum Gasteiger partial charge on any atom is -0.775 e. The maximum Gasteiger partial charge on any atom is 1.00 e. The summed E-state index contributed by atoms with van der Waals surface area (Å²) < 4.78 is 4.90. The number of halogens is 1. The molecule has 1 aromatic rings. The van der Waals surface area contributed by atoms with Crippen LogP contribution < -0.4 is 56.1 Å². The van der Waals surface area contributed by atoms with Crippen molar-refractivity contribution < 1.29 is 56.1 Å². The Bertz CT molecular complexity index is 307. The molecule has 0 aliphatic carbocycles. The van der Waals surface area contributed by atoms with Crippen LogP contribution in [0.15, 0.2) is 28.6 Å². The zero-order valence-corrected chi connectivity index (χ0v) is 11.2. The molecule has 0 saturated heterocycles. The summed E-state index contributed by atoms with van der Waals surface area (Å²) in [5, 5.41) is 16.0. The van der Waals surface area contributed by atoms with Crippen LogP contribution in [0.3, 0.4) is 0 Å². The van der Waals surface area contributed by atoms with Crippen molar-refractivity contribution in [3.05, 3.63) is 28.4 Å². The van der Waals surface area contributed by atoms with Crippen molar-refractivity contribution in [2.24, 2.45) is 10.4 Å². The van der Waals surface area contributed by atoms with Gasteiger partial charge in [-0.1, -0.05) is 11.6 Å². The van der Waals surface area contributed by atoms with Crippen molar-refractivity contribution in [2.75, 3.05) is 7.11 Å². The molecule has 0 N–H and O–H groups in total. The molecule has 0 saturated carbocycles. The number of rotatable bonds is 2. The molecule has 0 fully saturated rings. The van der Waals surface area contributed by atoms with Crippen molar-refractivity contribution in [1.82, 2.24) is 0 Å². The predicted octanol–water partition coefficient (Wildman–Crippen LogP) is -0.0659. The number of hydrogen-bond donors (Lipinski definition) is 0. The summed E-state index contributed by atoms with van der Waals surface area (Å²) in [6.45, 7) is 0. The van der Waals surface area contributed by atoms with E-state index in [0.29, 0.717) is 16.5 Å². The maximum atomic E-state index is 9.84. The predicted molar refractivity (Wildman–Crippen MR) is 45.9 cm³/mol. The topological polar surface area (TPSA) is 57.0 Å². The van der Waals surface area contributed by atoms with Crippen molar-refractivity contribution >= 4 is 17.3 Å². The van der Waals surface area contributed by atoms with E-state index < -0.39 is 0 Å². The van der Waals surface area contributed by atoms with Crippen molar-refractivity contribution in [3.63, 3.8) is 0 Å². The summed E-state index contributed by atoms with van der Waals surface area (Å²) in [5.74, 6) is 0.471. The molecule has 4 nitrogen and oxygen atoms in total. The Labute approximate surface area is 123 Å². The van der Waals surface area contributed by atoms with Crippen LogP contribution in [0.25, 0.3) is 0 Å². The molecular weight excluding hydrogens is 219 g/mol. The summed E-state index contributed by atoms with van der Waals surface area (Å²) >= 11 is 5.65. The van der Waals surface area contributed by atoms with Gasteiger partial charge in [-0.05, 0) is 18.2 Å². The zero-order chi connectivity index (χ0) is 8.97. The summed E-state index contributed by atoms with van der Waals surface area (Å²) in [7, 11) is 1.48. The molecule has 0 aliphatic rings. The molecule has 6 heteroatoms. The van der Waals surface area contributed by atoms with E-state index in [9.17, 15) is 5.21 Å². The van der Waals surface area contributed by atoms with Crippen LogP contribution in [0.5, 0.6) is 5.75 Å². The largest absolute Gasteiger partial charge is 1.00 e.